The van der Waals surface area contributed by atoms with Crippen LogP contribution in [0.2, 0.25) is 5.02 Å². The molecule has 34 heavy (non-hydrogen) atoms. The predicted octanol–water partition coefficient (Wildman–Crippen LogP) is 5.67. The Morgan fingerprint density at radius 1 is 1.09 bits per heavy atom. The molecule has 7 nitrogen and oxygen atoms in total. The second kappa shape index (κ2) is 11.4. The maximum Gasteiger partial charge on any atom is 0.257 e. The number of ether oxygens (including phenoxy) is 1. The monoisotopic (exact) mass is 498 g/mol. The van der Waals surface area contributed by atoms with Gasteiger partial charge in [-0.15, -0.1) is 10.2 Å². The number of benzene rings is 2. The molecule has 2 amide bonds. The molecule has 3 aromatic rings. The fraction of sp³-hybridized carbons (Fsp3) is 0.360. The summed E-state index contributed by atoms with van der Waals surface area (Å²) in [5.41, 5.74) is 1.40. The Labute approximate surface area is 208 Å². The molecule has 0 spiro atoms. The number of hydrogen-bond donors (Lipinski definition) is 1. The van der Waals surface area contributed by atoms with Crippen molar-refractivity contribution in [3.8, 4) is 16.3 Å². The van der Waals surface area contributed by atoms with Crippen LogP contribution in [0.15, 0.2) is 48.5 Å². The number of methoxy groups -OCH3 is 1. The highest BCUT2D eigenvalue weighted by atomic mass is 35.5. The molecule has 0 bridgehead atoms. The summed E-state index contributed by atoms with van der Waals surface area (Å²) in [5.74, 6) is 0.242. The summed E-state index contributed by atoms with van der Waals surface area (Å²) in [6.07, 6.45) is 5.43. The van der Waals surface area contributed by atoms with Gasteiger partial charge in [0.1, 0.15) is 10.8 Å². The molecule has 9 heteroatoms. The third-order valence-electron chi connectivity index (χ3n) is 5.96. The van der Waals surface area contributed by atoms with Crippen molar-refractivity contribution in [2.45, 2.75) is 44.6 Å². The minimum Gasteiger partial charge on any atom is -0.496 e. The fourth-order valence-corrected chi connectivity index (χ4v) is 5.10. The predicted molar refractivity (Wildman–Crippen MR) is 135 cm³/mol. The molecular weight excluding hydrogens is 472 g/mol. The van der Waals surface area contributed by atoms with Gasteiger partial charge >= 0.3 is 0 Å². The van der Waals surface area contributed by atoms with Crippen molar-refractivity contribution in [3.63, 3.8) is 0 Å². The normalized spacial score (nSPS) is 13.9. The van der Waals surface area contributed by atoms with Crippen molar-refractivity contribution in [1.29, 1.82) is 0 Å². The quantitative estimate of drug-likeness (QED) is 0.432. The summed E-state index contributed by atoms with van der Waals surface area (Å²) in [4.78, 5) is 28.0. The summed E-state index contributed by atoms with van der Waals surface area (Å²) >= 11 is 7.24. The molecule has 0 atom stereocenters. The highest BCUT2D eigenvalue weighted by molar-refractivity contribution is 7.18. The minimum absolute atomic E-state index is 0.0990. The third kappa shape index (κ3) is 5.93. The maximum atomic E-state index is 13.5. The number of carbonyl (C=O) groups is 2. The molecule has 0 unspecified atom stereocenters. The zero-order chi connectivity index (χ0) is 23.9. The van der Waals surface area contributed by atoms with Crippen molar-refractivity contribution >= 4 is 39.9 Å². The number of halogens is 1. The van der Waals surface area contributed by atoms with E-state index in [-0.39, 0.29) is 24.3 Å². The van der Waals surface area contributed by atoms with Gasteiger partial charge in [0.05, 0.1) is 12.7 Å². The number of hydrogen-bond acceptors (Lipinski definition) is 6. The van der Waals surface area contributed by atoms with E-state index >= 15 is 0 Å². The van der Waals surface area contributed by atoms with Crippen LogP contribution in [0.3, 0.4) is 0 Å². The van der Waals surface area contributed by atoms with Crippen LogP contribution in [-0.4, -0.2) is 46.6 Å². The fourth-order valence-electron chi connectivity index (χ4n) is 4.21. The van der Waals surface area contributed by atoms with E-state index in [2.05, 4.69) is 15.5 Å². The van der Waals surface area contributed by atoms with Gasteiger partial charge < -0.3 is 15.0 Å². The number of rotatable bonds is 8. The van der Waals surface area contributed by atoms with Crippen LogP contribution in [-0.2, 0) is 4.79 Å². The first-order chi connectivity index (χ1) is 16.5. The Kier molecular flexibility index (Phi) is 8.13. The second-order valence-corrected chi connectivity index (χ2v) is 9.62. The first kappa shape index (κ1) is 24.2. The minimum atomic E-state index is -0.201. The second-order valence-electron chi connectivity index (χ2n) is 8.21. The summed E-state index contributed by atoms with van der Waals surface area (Å²) in [6, 6.07) is 14.6. The molecule has 2 aromatic carbocycles. The third-order valence-corrected chi connectivity index (χ3v) is 7.10. The van der Waals surface area contributed by atoms with Gasteiger partial charge in [-0.25, -0.2) is 0 Å². The zero-order valence-electron chi connectivity index (χ0n) is 19.0. The lowest BCUT2D eigenvalue weighted by Crippen LogP contribution is -2.43. The number of anilines is 1. The van der Waals surface area contributed by atoms with Crippen LogP contribution >= 0.6 is 22.9 Å². The first-order valence-electron chi connectivity index (χ1n) is 11.4. The van der Waals surface area contributed by atoms with E-state index in [1.165, 1.54) is 17.8 Å². The van der Waals surface area contributed by atoms with Gasteiger partial charge in [0.25, 0.3) is 5.91 Å². The molecule has 178 valence electrons. The van der Waals surface area contributed by atoms with Crippen molar-refractivity contribution in [3.05, 3.63) is 59.1 Å². The lowest BCUT2D eigenvalue weighted by atomic mass is 9.93. The van der Waals surface area contributed by atoms with Crippen molar-refractivity contribution in [2.24, 2.45) is 0 Å². The number of amides is 2. The molecule has 0 aliphatic heterocycles. The number of aromatic nitrogens is 2. The van der Waals surface area contributed by atoms with Gasteiger partial charge in [-0.05, 0) is 37.1 Å². The lowest BCUT2D eigenvalue weighted by Gasteiger charge is -2.34. The standard InChI is InChI=1S/C25H27ClN4O3S/c1-33-21-10-6-5-9-20(21)24(32)30(19-7-3-2-4-8-19)16-15-22(31)27-25-29-28-23(34-25)17-11-13-18(26)14-12-17/h5-6,9-14,19H,2-4,7-8,15-16H2,1H3,(H,27,29,31). The van der Waals surface area contributed by atoms with Crippen LogP contribution in [0.5, 0.6) is 5.75 Å². The average Bonchev–Trinajstić information content (AvgIpc) is 3.33. The molecule has 1 fully saturated rings. The molecular formula is C25H27ClN4O3S. The van der Waals surface area contributed by atoms with Crippen molar-refractivity contribution < 1.29 is 14.3 Å². The van der Waals surface area contributed by atoms with Gasteiger partial charge in [0.2, 0.25) is 11.0 Å². The molecule has 1 N–H and O–H groups in total. The van der Waals surface area contributed by atoms with Crippen LogP contribution in [0.4, 0.5) is 5.13 Å². The van der Waals surface area contributed by atoms with E-state index < -0.39 is 0 Å². The van der Waals surface area contributed by atoms with Gasteiger partial charge in [-0.2, -0.15) is 0 Å². The van der Waals surface area contributed by atoms with Gasteiger partial charge in [-0.1, -0.05) is 66.5 Å². The largest absolute Gasteiger partial charge is 0.496 e. The van der Waals surface area contributed by atoms with E-state index in [1.54, 1.807) is 31.4 Å². The van der Waals surface area contributed by atoms with Crippen LogP contribution < -0.4 is 10.1 Å². The number of nitrogens with one attached hydrogen (secondary N) is 1. The topological polar surface area (TPSA) is 84.4 Å². The summed E-state index contributed by atoms with van der Waals surface area (Å²) in [7, 11) is 1.56. The summed E-state index contributed by atoms with van der Waals surface area (Å²) in [6.45, 7) is 0.330. The van der Waals surface area contributed by atoms with Crippen LogP contribution in [0, 0.1) is 0 Å². The molecule has 1 aliphatic carbocycles. The Morgan fingerprint density at radius 3 is 2.56 bits per heavy atom. The van der Waals surface area contributed by atoms with E-state index in [0.717, 1.165) is 31.2 Å². The van der Waals surface area contributed by atoms with Crippen molar-refractivity contribution in [2.75, 3.05) is 19.0 Å². The molecule has 4 rings (SSSR count). The first-order valence-corrected chi connectivity index (χ1v) is 12.6. The van der Waals surface area contributed by atoms with Gasteiger partial charge in [0.15, 0.2) is 0 Å². The Morgan fingerprint density at radius 2 is 1.82 bits per heavy atom. The molecule has 1 heterocycles. The molecule has 0 radical (unpaired) electrons. The van der Waals surface area contributed by atoms with E-state index in [4.69, 9.17) is 16.3 Å². The average molecular weight is 499 g/mol. The highest BCUT2D eigenvalue weighted by Crippen LogP contribution is 2.29. The molecule has 0 saturated heterocycles. The Hall–Kier alpha value is -2.97. The van der Waals surface area contributed by atoms with Crippen LogP contribution in [0.1, 0.15) is 48.9 Å². The van der Waals surface area contributed by atoms with E-state index in [0.29, 0.717) is 33.0 Å². The lowest BCUT2D eigenvalue weighted by molar-refractivity contribution is -0.116. The number of para-hydroxylation sites is 1. The smallest absolute Gasteiger partial charge is 0.257 e. The Balaban J connectivity index is 1.42. The zero-order valence-corrected chi connectivity index (χ0v) is 20.6. The Bertz CT molecular complexity index is 1130. The number of nitrogens with zero attached hydrogens (tertiary/aromatic N) is 3. The summed E-state index contributed by atoms with van der Waals surface area (Å²) in [5, 5.41) is 12.8. The summed E-state index contributed by atoms with van der Waals surface area (Å²) < 4.78 is 5.41. The van der Waals surface area contributed by atoms with Gasteiger partial charge in [-0.3, -0.25) is 9.59 Å². The SMILES string of the molecule is COc1ccccc1C(=O)N(CCC(=O)Nc1nnc(-c2ccc(Cl)cc2)s1)C1CCCCC1. The van der Waals surface area contributed by atoms with Gasteiger partial charge in [0, 0.05) is 29.6 Å². The highest BCUT2D eigenvalue weighted by Gasteiger charge is 2.28. The molecule has 1 aromatic heterocycles. The maximum absolute atomic E-state index is 13.5. The molecule has 1 saturated carbocycles. The molecule has 1 aliphatic rings. The number of carbonyl (C=O) groups excluding carboxylic acids is 2. The van der Waals surface area contributed by atoms with Crippen LogP contribution in [0.25, 0.3) is 10.6 Å². The van der Waals surface area contributed by atoms with E-state index in [9.17, 15) is 9.59 Å². The van der Waals surface area contributed by atoms with Crippen molar-refractivity contribution in [1.82, 2.24) is 15.1 Å². The van der Waals surface area contributed by atoms with E-state index in [1.807, 2.05) is 29.2 Å².